The van der Waals surface area contributed by atoms with E-state index in [4.69, 9.17) is 4.42 Å². The Morgan fingerprint density at radius 3 is 1.71 bits per heavy atom. The second-order valence-electron chi connectivity index (χ2n) is 15.9. The van der Waals surface area contributed by atoms with E-state index in [-0.39, 0.29) is 0 Å². The van der Waals surface area contributed by atoms with Gasteiger partial charge in [0.15, 0.2) is 5.58 Å². The van der Waals surface area contributed by atoms with Crippen molar-refractivity contribution in [3.05, 3.63) is 235 Å². The standard InChI is InChI=1S/C57H35NO/c1-2-15-38-34-39(29-28-36(38)14-1)37-30-32-41(33-31-37)58(52-35-40-16-3-4-17-42(40)54-46-21-8-12-27-53(46)59-56(52)54)51-26-13-25-50-55(51)45-20-7-11-24-49(45)57(50)47-22-9-5-18-43(47)44-19-6-10-23-48(44)57/h1-35H. The molecule has 0 aliphatic heterocycles. The Bertz CT molecular complexity index is 3470. The highest BCUT2D eigenvalue weighted by Crippen LogP contribution is 2.65. The van der Waals surface area contributed by atoms with Gasteiger partial charge in [0.25, 0.3) is 0 Å². The number of rotatable bonds is 4. The first-order chi connectivity index (χ1) is 29.3. The van der Waals surface area contributed by atoms with E-state index in [1.54, 1.807) is 0 Å². The lowest BCUT2D eigenvalue weighted by Crippen LogP contribution is -2.26. The third-order valence-corrected chi connectivity index (χ3v) is 13.0. The maximum absolute atomic E-state index is 6.98. The Morgan fingerprint density at radius 1 is 0.373 bits per heavy atom. The Hall–Kier alpha value is -7.68. The quantitative estimate of drug-likeness (QED) is 0.178. The average Bonchev–Trinajstić information content (AvgIpc) is 3.95. The predicted molar refractivity (Wildman–Crippen MR) is 245 cm³/mol. The van der Waals surface area contributed by atoms with Gasteiger partial charge in [-0.3, -0.25) is 0 Å². The van der Waals surface area contributed by atoms with E-state index in [2.05, 4.69) is 217 Å². The maximum atomic E-state index is 6.98. The summed E-state index contributed by atoms with van der Waals surface area (Å²) in [4.78, 5) is 2.46. The molecule has 1 spiro atoms. The molecule has 0 fully saturated rings. The fourth-order valence-corrected chi connectivity index (χ4v) is 10.6. The van der Waals surface area contributed by atoms with E-state index in [1.165, 1.54) is 77.2 Å². The first-order valence-corrected chi connectivity index (χ1v) is 20.4. The summed E-state index contributed by atoms with van der Waals surface area (Å²) in [6, 6.07) is 78.0. The minimum Gasteiger partial charge on any atom is -0.454 e. The molecule has 2 aliphatic rings. The normalized spacial score (nSPS) is 13.2. The zero-order chi connectivity index (χ0) is 38.7. The lowest BCUT2D eigenvalue weighted by molar-refractivity contribution is 0.669. The first-order valence-electron chi connectivity index (χ1n) is 20.4. The highest BCUT2D eigenvalue weighted by Gasteiger charge is 2.52. The van der Waals surface area contributed by atoms with Crippen molar-refractivity contribution in [2.24, 2.45) is 0 Å². The minimum absolute atomic E-state index is 0.460. The Morgan fingerprint density at radius 2 is 0.949 bits per heavy atom. The second kappa shape index (κ2) is 12.2. The maximum Gasteiger partial charge on any atom is 0.160 e. The van der Waals surface area contributed by atoms with Crippen molar-refractivity contribution in [3.8, 4) is 33.4 Å². The topological polar surface area (TPSA) is 16.4 Å². The van der Waals surface area contributed by atoms with Crippen LogP contribution in [0.15, 0.2) is 217 Å². The largest absolute Gasteiger partial charge is 0.454 e. The molecule has 1 heterocycles. The summed E-state index contributed by atoms with van der Waals surface area (Å²) >= 11 is 0. The van der Waals surface area contributed by atoms with E-state index < -0.39 is 5.41 Å². The summed E-state index contributed by atoms with van der Waals surface area (Å²) in [6.07, 6.45) is 0. The van der Waals surface area contributed by atoms with Crippen LogP contribution in [0.25, 0.3) is 76.9 Å². The molecular formula is C57H35NO. The smallest absolute Gasteiger partial charge is 0.160 e. The average molecular weight is 750 g/mol. The van der Waals surface area contributed by atoms with Crippen molar-refractivity contribution < 1.29 is 4.42 Å². The summed E-state index contributed by atoms with van der Waals surface area (Å²) < 4.78 is 6.98. The van der Waals surface area contributed by atoms with Crippen LogP contribution in [0.3, 0.4) is 0 Å². The molecule has 0 bridgehead atoms. The van der Waals surface area contributed by atoms with Gasteiger partial charge in [0.1, 0.15) is 5.58 Å². The van der Waals surface area contributed by atoms with Gasteiger partial charge in [-0.15, -0.1) is 0 Å². The van der Waals surface area contributed by atoms with Crippen LogP contribution in [-0.2, 0) is 5.41 Å². The summed E-state index contributed by atoms with van der Waals surface area (Å²) in [7, 11) is 0. The van der Waals surface area contributed by atoms with Crippen molar-refractivity contribution in [1.29, 1.82) is 0 Å². The van der Waals surface area contributed by atoms with Crippen molar-refractivity contribution >= 4 is 60.5 Å². The molecule has 0 amide bonds. The number of hydrogen-bond acceptors (Lipinski definition) is 2. The zero-order valence-corrected chi connectivity index (χ0v) is 32.1. The lowest BCUT2D eigenvalue weighted by atomic mass is 9.70. The number of para-hydroxylation sites is 1. The molecule has 274 valence electrons. The number of nitrogens with zero attached hydrogens (tertiary/aromatic N) is 1. The molecule has 0 saturated carbocycles. The molecule has 10 aromatic carbocycles. The van der Waals surface area contributed by atoms with Crippen LogP contribution in [0, 0.1) is 0 Å². The van der Waals surface area contributed by atoms with Gasteiger partial charge in [-0.25, -0.2) is 0 Å². The fourth-order valence-electron chi connectivity index (χ4n) is 10.6. The fraction of sp³-hybridized carbons (Fsp3) is 0.0175. The highest BCUT2D eigenvalue weighted by molar-refractivity contribution is 6.23. The van der Waals surface area contributed by atoms with Crippen LogP contribution in [0.1, 0.15) is 22.3 Å². The van der Waals surface area contributed by atoms with Gasteiger partial charge in [-0.1, -0.05) is 176 Å². The number of furan rings is 1. The Labute approximate surface area is 341 Å². The van der Waals surface area contributed by atoms with E-state index >= 15 is 0 Å². The van der Waals surface area contributed by atoms with Crippen LogP contribution in [0.5, 0.6) is 0 Å². The molecule has 13 rings (SSSR count). The van der Waals surface area contributed by atoms with E-state index in [1.807, 2.05) is 0 Å². The van der Waals surface area contributed by atoms with Gasteiger partial charge >= 0.3 is 0 Å². The molecular weight excluding hydrogens is 715 g/mol. The minimum atomic E-state index is -0.460. The number of anilines is 3. The van der Waals surface area contributed by atoms with Crippen LogP contribution in [0.2, 0.25) is 0 Å². The molecule has 11 aromatic rings. The lowest BCUT2D eigenvalue weighted by Gasteiger charge is -2.32. The number of fused-ring (bicyclic) bond motifs is 16. The van der Waals surface area contributed by atoms with Crippen LogP contribution >= 0.6 is 0 Å². The van der Waals surface area contributed by atoms with Crippen molar-refractivity contribution in [3.63, 3.8) is 0 Å². The van der Waals surface area contributed by atoms with Crippen molar-refractivity contribution in [2.75, 3.05) is 4.90 Å². The van der Waals surface area contributed by atoms with Gasteiger partial charge in [-0.05, 0) is 108 Å². The Balaban J connectivity index is 1.12. The van der Waals surface area contributed by atoms with E-state index in [9.17, 15) is 0 Å². The molecule has 0 unspecified atom stereocenters. The third kappa shape index (κ3) is 4.40. The summed E-state index contributed by atoms with van der Waals surface area (Å²) in [5.41, 5.74) is 17.2. The van der Waals surface area contributed by atoms with Crippen molar-refractivity contribution in [1.82, 2.24) is 0 Å². The summed E-state index contributed by atoms with van der Waals surface area (Å²) in [5.74, 6) is 0. The SMILES string of the molecule is c1ccc2c(c1)-c1ccccc1C21c2ccccc2-c2c(N(c3ccc(-c4ccc5ccccc5c4)cc3)c3cc4ccccc4c4c3oc3ccccc34)cccc21. The molecule has 2 heteroatoms. The van der Waals surface area contributed by atoms with Crippen molar-refractivity contribution in [2.45, 2.75) is 5.41 Å². The molecule has 0 saturated heterocycles. The summed E-state index contributed by atoms with van der Waals surface area (Å²) in [6.45, 7) is 0. The predicted octanol–water partition coefficient (Wildman–Crippen LogP) is 15.4. The van der Waals surface area contributed by atoms with Gasteiger partial charge in [0.2, 0.25) is 0 Å². The molecule has 0 N–H and O–H groups in total. The van der Waals surface area contributed by atoms with Gasteiger partial charge in [0.05, 0.1) is 16.8 Å². The van der Waals surface area contributed by atoms with Crippen LogP contribution in [0.4, 0.5) is 17.1 Å². The monoisotopic (exact) mass is 749 g/mol. The van der Waals surface area contributed by atoms with E-state index in [0.29, 0.717) is 0 Å². The molecule has 1 aromatic heterocycles. The van der Waals surface area contributed by atoms with Gasteiger partial charge < -0.3 is 9.32 Å². The molecule has 2 nitrogen and oxygen atoms in total. The zero-order valence-electron chi connectivity index (χ0n) is 32.1. The highest BCUT2D eigenvalue weighted by atomic mass is 16.3. The van der Waals surface area contributed by atoms with Crippen LogP contribution < -0.4 is 4.90 Å². The first kappa shape index (κ1) is 32.4. The Kier molecular flexibility index (Phi) is 6.68. The molecule has 2 aliphatic carbocycles. The molecule has 0 radical (unpaired) electrons. The van der Waals surface area contributed by atoms with Crippen LogP contribution in [-0.4, -0.2) is 0 Å². The van der Waals surface area contributed by atoms with E-state index in [0.717, 1.165) is 39.0 Å². The number of benzene rings is 10. The van der Waals surface area contributed by atoms with Gasteiger partial charge in [-0.2, -0.15) is 0 Å². The number of hydrogen-bond donors (Lipinski definition) is 0. The summed E-state index contributed by atoms with van der Waals surface area (Å²) in [5, 5.41) is 7.09. The second-order valence-corrected chi connectivity index (χ2v) is 15.9. The molecule has 59 heavy (non-hydrogen) atoms. The third-order valence-electron chi connectivity index (χ3n) is 13.0. The molecule has 0 atom stereocenters. The van der Waals surface area contributed by atoms with Gasteiger partial charge in [0, 0.05) is 22.0 Å².